The van der Waals surface area contributed by atoms with Crippen molar-refractivity contribution in [2.75, 3.05) is 36.8 Å². The molecule has 0 amide bonds. The first-order chi connectivity index (χ1) is 12.6. The highest BCUT2D eigenvalue weighted by atomic mass is 32.2. The quantitative estimate of drug-likeness (QED) is 0.326. The summed E-state index contributed by atoms with van der Waals surface area (Å²) in [5.41, 5.74) is 1.17. The summed E-state index contributed by atoms with van der Waals surface area (Å²) in [7, 11) is 0. The van der Waals surface area contributed by atoms with E-state index in [1.54, 1.807) is 35.2 Å². The van der Waals surface area contributed by atoms with Crippen LogP contribution in [-0.4, -0.2) is 46.6 Å². The summed E-state index contributed by atoms with van der Waals surface area (Å²) in [6, 6.07) is 6.80. The molecule has 0 radical (unpaired) electrons. The van der Waals surface area contributed by atoms with Gasteiger partial charge in [-0.1, -0.05) is 30.0 Å². The van der Waals surface area contributed by atoms with Crippen LogP contribution in [0.15, 0.2) is 28.6 Å². The number of quaternary nitrogens is 1. The standard InChI is InChI=1S/C16H21N5O2S3/c1-2-11-25-15-17-20(16(24)26-15)12-18-7-9-19(10-8-18)13-3-5-14(6-4-13)21(22)23/h3-6H,2,7-12H2,1H3/p+1. The number of thioether (sulfide) groups is 1. The molecule has 7 nitrogen and oxygen atoms in total. The minimum atomic E-state index is -0.365. The average molecular weight is 413 g/mol. The molecule has 0 saturated carbocycles. The zero-order chi connectivity index (χ0) is 18.5. The van der Waals surface area contributed by atoms with Crippen LogP contribution in [0.1, 0.15) is 13.3 Å². The Morgan fingerprint density at radius 1 is 1.35 bits per heavy atom. The Hall–Kier alpha value is -1.49. The molecule has 0 bridgehead atoms. The molecule has 26 heavy (non-hydrogen) atoms. The summed E-state index contributed by atoms with van der Waals surface area (Å²) < 4.78 is 3.85. The summed E-state index contributed by atoms with van der Waals surface area (Å²) in [4.78, 5) is 14.1. The molecule has 140 valence electrons. The predicted octanol–water partition coefficient (Wildman–Crippen LogP) is 2.45. The summed E-state index contributed by atoms with van der Waals surface area (Å²) in [6.45, 7) is 6.79. The highest BCUT2D eigenvalue weighted by molar-refractivity contribution is 8.01. The number of benzene rings is 1. The molecule has 0 spiro atoms. The van der Waals surface area contributed by atoms with Crippen LogP contribution in [0.4, 0.5) is 11.4 Å². The van der Waals surface area contributed by atoms with E-state index in [1.807, 2.05) is 16.8 Å². The SMILES string of the molecule is CCCSc1nn(C[NH+]2CCN(c3ccc([N+](=O)[O-])cc3)CC2)c(=S)s1. The topological polar surface area (TPSA) is 68.6 Å². The van der Waals surface area contributed by atoms with Crippen molar-refractivity contribution in [2.45, 2.75) is 24.4 Å². The van der Waals surface area contributed by atoms with Gasteiger partial charge in [0.1, 0.15) is 0 Å². The number of piperazine rings is 1. The lowest BCUT2D eigenvalue weighted by Crippen LogP contribution is -3.14. The van der Waals surface area contributed by atoms with E-state index in [4.69, 9.17) is 12.2 Å². The van der Waals surface area contributed by atoms with Gasteiger partial charge in [0.25, 0.3) is 5.69 Å². The Morgan fingerprint density at radius 3 is 2.65 bits per heavy atom. The number of nitrogens with zero attached hydrogens (tertiary/aromatic N) is 4. The van der Waals surface area contributed by atoms with Gasteiger partial charge in [0, 0.05) is 23.6 Å². The summed E-state index contributed by atoms with van der Waals surface area (Å²) in [6.07, 6.45) is 1.13. The van der Waals surface area contributed by atoms with Gasteiger partial charge in [0.2, 0.25) is 0 Å². The molecule has 1 aliphatic heterocycles. The number of hydrogen-bond donors (Lipinski definition) is 1. The molecule has 2 aromatic rings. The van der Waals surface area contributed by atoms with Crippen molar-refractivity contribution in [1.82, 2.24) is 9.78 Å². The molecule has 10 heteroatoms. The van der Waals surface area contributed by atoms with E-state index in [-0.39, 0.29) is 10.6 Å². The van der Waals surface area contributed by atoms with Gasteiger partial charge in [0.15, 0.2) is 15.0 Å². The van der Waals surface area contributed by atoms with Crippen LogP contribution >= 0.6 is 35.3 Å². The van der Waals surface area contributed by atoms with Crippen LogP contribution in [0.3, 0.4) is 0 Å². The van der Waals surface area contributed by atoms with Crippen molar-refractivity contribution in [1.29, 1.82) is 0 Å². The minimum absolute atomic E-state index is 0.132. The molecule has 1 fully saturated rings. The van der Waals surface area contributed by atoms with Gasteiger partial charge in [-0.25, -0.2) is 0 Å². The van der Waals surface area contributed by atoms with Gasteiger partial charge >= 0.3 is 0 Å². The highest BCUT2D eigenvalue weighted by Crippen LogP contribution is 2.22. The number of nitro groups is 1. The fourth-order valence-corrected chi connectivity index (χ4v) is 5.13. The monoisotopic (exact) mass is 412 g/mol. The lowest BCUT2D eigenvalue weighted by Gasteiger charge is -2.33. The number of nitro benzene ring substituents is 1. The first kappa shape index (κ1) is 19.3. The van der Waals surface area contributed by atoms with Crippen molar-refractivity contribution >= 4 is 46.7 Å². The average Bonchev–Trinajstić information content (AvgIpc) is 3.00. The second-order valence-electron chi connectivity index (χ2n) is 6.15. The van der Waals surface area contributed by atoms with Crippen LogP contribution in [0.5, 0.6) is 0 Å². The van der Waals surface area contributed by atoms with Gasteiger partial charge < -0.3 is 9.80 Å². The van der Waals surface area contributed by atoms with E-state index in [2.05, 4.69) is 16.9 Å². The molecule has 2 heterocycles. The van der Waals surface area contributed by atoms with Gasteiger partial charge in [-0.2, -0.15) is 4.68 Å². The number of aromatic nitrogens is 2. The molecule has 0 aliphatic carbocycles. The van der Waals surface area contributed by atoms with Gasteiger partial charge in [-0.05, 0) is 30.8 Å². The Balaban J connectivity index is 1.54. The molecule has 0 unspecified atom stereocenters. The van der Waals surface area contributed by atoms with Crippen LogP contribution in [0.2, 0.25) is 0 Å². The zero-order valence-corrected chi connectivity index (χ0v) is 17.0. The molecular formula is C16H22N5O2S3+. The summed E-state index contributed by atoms with van der Waals surface area (Å²) in [5.74, 6) is 1.07. The van der Waals surface area contributed by atoms with E-state index in [1.165, 1.54) is 4.90 Å². The molecule has 3 rings (SSSR count). The number of hydrogen-bond acceptors (Lipinski definition) is 7. The maximum absolute atomic E-state index is 10.8. The lowest BCUT2D eigenvalue weighted by molar-refractivity contribution is -0.924. The molecule has 1 aliphatic rings. The molecule has 1 N–H and O–H groups in total. The second-order valence-corrected chi connectivity index (χ2v) is 9.12. The maximum atomic E-state index is 10.8. The Bertz CT molecular complexity index is 797. The fourth-order valence-electron chi connectivity index (χ4n) is 2.87. The van der Waals surface area contributed by atoms with Crippen molar-refractivity contribution in [3.8, 4) is 0 Å². The largest absolute Gasteiger partial charge is 0.360 e. The number of rotatable bonds is 7. The lowest BCUT2D eigenvalue weighted by atomic mass is 10.2. The molecular weight excluding hydrogens is 390 g/mol. The molecule has 1 saturated heterocycles. The summed E-state index contributed by atoms with van der Waals surface area (Å²) >= 11 is 8.82. The Morgan fingerprint density at radius 2 is 2.04 bits per heavy atom. The van der Waals surface area contributed by atoms with Crippen LogP contribution < -0.4 is 9.80 Å². The number of anilines is 1. The normalized spacial score (nSPS) is 15.3. The van der Waals surface area contributed by atoms with E-state index >= 15 is 0 Å². The third kappa shape index (κ3) is 4.81. The van der Waals surface area contributed by atoms with Gasteiger partial charge in [-0.15, -0.1) is 5.10 Å². The van der Waals surface area contributed by atoms with Crippen LogP contribution in [0, 0.1) is 14.1 Å². The number of non-ortho nitro benzene ring substituents is 1. The van der Waals surface area contributed by atoms with Gasteiger partial charge in [0.05, 0.1) is 31.1 Å². The van der Waals surface area contributed by atoms with Crippen LogP contribution in [0.25, 0.3) is 0 Å². The maximum Gasteiger partial charge on any atom is 0.269 e. The second kappa shape index (κ2) is 8.94. The van der Waals surface area contributed by atoms with E-state index < -0.39 is 0 Å². The Labute approximate surface area is 165 Å². The predicted molar refractivity (Wildman–Crippen MR) is 108 cm³/mol. The molecule has 1 aromatic heterocycles. The smallest absolute Gasteiger partial charge is 0.269 e. The van der Waals surface area contributed by atoms with Gasteiger partial charge in [-0.3, -0.25) is 10.1 Å². The minimum Gasteiger partial charge on any atom is -0.360 e. The van der Waals surface area contributed by atoms with E-state index in [0.717, 1.165) is 59.0 Å². The van der Waals surface area contributed by atoms with Crippen molar-refractivity contribution < 1.29 is 9.82 Å². The molecule has 1 aromatic carbocycles. The third-order valence-corrected chi connectivity index (χ3v) is 6.93. The van der Waals surface area contributed by atoms with E-state index in [0.29, 0.717) is 0 Å². The van der Waals surface area contributed by atoms with Crippen LogP contribution in [-0.2, 0) is 6.67 Å². The summed E-state index contributed by atoms with van der Waals surface area (Å²) in [5, 5.41) is 15.4. The fraction of sp³-hybridized carbons (Fsp3) is 0.500. The van der Waals surface area contributed by atoms with E-state index in [9.17, 15) is 10.1 Å². The first-order valence-electron chi connectivity index (χ1n) is 8.60. The molecule has 0 atom stereocenters. The van der Waals surface area contributed by atoms with Crippen molar-refractivity contribution in [3.63, 3.8) is 0 Å². The van der Waals surface area contributed by atoms with Crippen molar-refractivity contribution in [3.05, 3.63) is 38.3 Å². The Kier molecular flexibility index (Phi) is 6.63. The third-order valence-electron chi connectivity index (χ3n) is 4.29. The zero-order valence-electron chi connectivity index (χ0n) is 14.6. The first-order valence-corrected chi connectivity index (χ1v) is 10.8. The highest BCUT2D eigenvalue weighted by Gasteiger charge is 2.21. The number of nitrogens with one attached hydrogen (secondary N) is 1. The van der Waals surface area contributed by atoms with Crippen molar-refractivity contribution in [2.24, 2.45) is 0 Å².